The molecule has 2 aromatic heterocycles. The van der Waals surface area contributed by atoms with Gasteiger partial charge in [-0.1, -0.05) is 23.2 Å². The summed E-state index contributed by atoms with van der Waals surface area (Å²) in [5.41, 5.74) is 7.15. The van der Waals surface area contributed by atoms with Gasteiger partial charge >= 0.3 is 6.09 Å². The first-order chi connectivity index (χ1) is 17.8. The van der Waals surface area contributed by atoms with Gasteiger partial charge in [0.2, 0.25) is 0 Å². The van der Waals surface area contributed by atoms with Crippen LogP contribution in [0.25, 0.3) is 11.1 Å². The Hall–Kier alpha value is -3.04. The number of aromatic nitrogens is 3. The van der Waals surface area contributed by atoms with Gasteiger partial charge in [0.15, 0.2) is 11.6 Å². The normalized spacial score (nSPS) is 16.7. The Morgan fingerprint density at radius 1 is 1.24 bits per heavy atom. The summed E-state index contributed by atoms with van der Waals surface area (Å²) >= 11 is 12.4. The molecule has 37 heavy (non-hydrogen) atoms. The van der Waals surface area contributed by atoms with E-state index in [9.17, 15) is 9.18 Å². The standard InChI is InChI=1S/C26H30Cl2FN5O3/c1-15(22-19(27)5-6-20(29)23(22)28)36-21-11-16(12-31-24(21)30)17-13-32-34(14-17)18-7-9-33(10-8-18)25(35)37-26(2,3)4/h5-6,11-15,18H,7-10H2,1-4H3,(H2,30,31)/t15-/m1/s1/i18D. The van der Waals surface area contributed by atoms with Crippen LogP contribution in [0.2, 0.25) is 10.0 Å². The molecule has 8 nitrogen and oxygen atoms in total. The van der Waals surface area contributed by atoms with Crippen LogP contribution in [0, 0.1) is 5.82 Å². The van der Waals surface area contributed by atoms with Gasteiger partial charge in [-0.3, -0.25) is 4.68 Å². The number of carbonyl (C=O) groups is 1. The van der Waals surface area contributed by atoms with Crippen molar-refractivity contribution in [3.63, 3.8) is 0 Å². The number of benzene rings is 1. The second kappa shape index (κ2) is 10.8. The first-order valence-corrected chi connectivity index (χ1v) is 12.6. The number of ether oxygens (including phenoxy) is 2. The van der Waals surface area contributed by atoms with Gasteiger partial charge in [-0.15, -0.1) is 0 Å². The van der Waals surface area contributed by atoms with Crippen LogP contribution >= 0.6 is 23.2 Å². The lowest BCUT2D eigenvalue weighted by Gasteiger charge is -2.33. The van der Waals surface area contributed by atoms with E-state index in [1.165, 1.54) is 12.1 Å². The summed E-state index contributed by atoms with van der Waals surface area (Å²) in [6, 6.07) is 3.29. The fourth-order valence-corrected chi connectivity index (χ4v) is 4.70. The number of rotatable bonds is 5. The Kier molecular flexibility index (Phi) is 7.44. The fourth-order valence-electron chi connectivity index (χ4n) is 4.02. The minimum absolute atomic E-state index is 0.118. The maximum Gasteiger partial charge on any atom is 0.410 e. The molecule has 198 valence electrons. The van der Waals surface area contributed by atoms with E-state index in [0.29, 0.717) is 42.6 Å². The third kappa shape index (κ3) is 6.27. The molecule has 0 unspecified atom stereocenters. The number of piperidine rings is 1. The third-order valence-electron chi connectivity index (χ3n) is 5.90. The van der Waals surface area contributed by atoms with E-state index >= 15 is 0 Å². The second-order valence-electron chi connectivity index (χ2n) is 9.83. The van der Waals surface area contributed by atoms with Gasteiger partial charge in [0.25, 0.3) is 0 Å². The van der Waals surface area contributed by atoms with Gasteiger partial charge in [0, 0.05) is 47.2 Å². The zero-order chi connectivity index (χ0) is 27.8. The Labute approximate surface area is 226 Å². The molecular formula is C26H30Cl2FN5O3. The number of carbonyl (C=O) groups excluding carboxylic acids is 1. The van der Waals surface area contributed by atoms with Crippen LogP contribution < -0.4 is 10.5 Å². The average Bonchev–Trinajstić information content (AvgIpc) is 3.34. The van der Waals surface area contributed by atoms with E-state index in [4.69, 9.17) is 39.8 Å². The highest BCUT2D eigenvalue weighted by atomic mass is 35.5. The molecule has 0 saturated carbocycles. The smallest absolute Gasteiger partial charge is 0.410 e. The molecule has 1 atom stereocenters. The van der Waals surface area contributed by atoms with E-state index in [1.54, 1.807) is 41.2 Å². The van der Waals surface area contributed by atoms with Crippen LogP contribution in [0.1, 0.15) is 59.6 Å². The Balaban J connectivity index is 1.49. The number of nitrogens with two attached hydrogens (primary N) is 1. The Morgan fingerprint density at radius 2 is 1.95 bits per heavy atom. The number of pyridine rings is 1. The molecule has 3 aromatic rings. The van der Waals surface area contributed by atoms with Crippen LogP contribution in [0.5, 0.6) is 5.75 Å². The molecule has 11 heteroatoms. The number of anilines is 1. The van der Waals surface area contributed by atoms with Crippen LogP contribution in [0.3, 0.4) is 0 Å². The van der Waals surface area contributed by atoms with Crippen molar-refractivity contribution in [2.24, 2.45) is 0 Å². The van der Waals surface area contributed by atoms with Crippen molar-refractivity contribution < 1.29 is 20.0 Å². The van der Waals surface area contributed by atoms with Crippen molar-refractivity contribution >= 4 is 35.1 Å². The number of nitrogen functional groups attached to an aromatic ring is 1. The lowest BCUT2D eigenvalue weighted by atomic mass is 10.1. The molecule has 1 aliphatic heterocycles. The van der Waals surface area contributed by atoms with Crippen molar-refractivity contribution in [3.8, 4) is 16.9 Å². The summed E-state index contributed by atoms with van der Waals surface area (Å²) in [6.07, 6.45) is 4.69. The molecule has 4 rings (SSSR count). The van der Waals surface area contributed by atoms with Gasteiger partial charge in [-0.25, -0.2) is 14.2 Å². The first kappa shape index (κ1) is 25.6. The van der Waals surface area contributed by atoms with E-state index in [1.807, 2.05) is 20.8 Å². The SMILES string of the molecule is [2H]C1(n2cc(-c3cnc(N)c(O[C@H](C)c4c(Cl)ccc(F)c4Cl)c3)cn2)CCN(C(=O)OC(C)(C)C)CC1. The number of hydrogen-bond acceptors (Lipinski definition) is 6. The number of hydrogen-bond donors (Lipinski definition) is 1. The van der Waals surface area contributed by atoms with Gasteiger partial charge < -0.3 is 20.1 Å². The maximum absolute atomic E-state index is 14.0. The number of halogens is 3. The van der Waals surface area contributed by atoms with Gasteiger partial charge in [0.05, 0.1) is 18.6 Å². The lowest BCUT2D eigenvalue weighted by molar-refractivity contribution is 0.0185. The molecule has 0 aliphatic carbocycles. The van der Waals surface area contributed by atoms with Crippen molar-refractivity contribution in [1.29, 1.82) is 0 Å². The third-order valence-corrected chi connectivity index (χ3v) is 6.62. The van der Waals surface area contributed by atoms with E-state index in [0.717, 1.165) is 0 Å². The predicted molar refractivity (Wildman–Crippen MR) is 141 cm³/mol. The summed E-state index contributed by atoms with van der Waals surface area (Å²) in [4.78, 5) is 18.2. The summed E-state index contributed by atoms with van der Waals surface area (Å²) in [7, 11) is 0. The molecule has 0 spiro atoms. The quantitative estimate of drug-likeness (QED) is 0.355. The molecule has 1 saturated heterocycles. The summed E-state index contributed by atoms with van der Waals surface area (Å²) in [5, 5.41) is 4.58. The topological polar surface area (TPSA) is 95.5 Å². The largest absolute Gasteiger partial charge is 0.482 e. The van der Waals surface area contributed by atoms with Crippen LogP contribution in [-0.4, -0.2) is 44.4 Å². The average molecular weight is 551 g/mol. The molecule has 1 aliphatic rings. The molecule has 1 fully saturated rings. The number of amides is 1. The maximum atomic E-state index is 14.0. The highest BCUT2D eigenvalue weighted by molar-refractivity contribution is 6.36. The van der Waals surface area contributed by atoms with Crippen molar-refractivity contribution in [1.82, 2.24) is 19.7 Å². The first-order valence-electron chi connectivity index (χ1n) is 12.4. The minimum Gasteiger partial charge on any atom is -0.482 e. The second-order valence-corrected chi connectivity index (χ2v) is 10.6. The van der Waals surface area contributed by atoms with Crippen molar-refractivity contribution in [2.75, 3.05) is 18.8 Å². The Bertz CT molecular complexity index is 1340. The van der Waals surface area contributed by atoms with Crippen LogP contribution in [-0.2, 0) is 4.74 Å². The predicted octanol–water partition coefficient (Wildman–Crippen LogP) is 6.69. The molecular weight excluding hydrogens is 520 g/mol. The molecule has 0 radical (unpaired) electrons. The summed E-state index contributed by atoms with van der Waals surface area (Å²) < 4.78 is 36.0. The molecule has 2 N–H and O–H groups in total. The minimum atomic E-state index is -1.02. The van der Waals surface area contributed by atoms with Crippen molar-refractivity contribution in [2.45, 2.75) is 58.3 Å². The monoisotopic (exact) mass is 550 g/mol. The van der Waals surface area contributed by atoms with Crippen LogP contribution in [0.15, 0.2) is 36.8 Å². The van der Waals surface area contributed by atoms with E-state index < -0.39 is 23.5 Å². The Morgan fingerprint density at radius 3 is 2.62 bits per heavy atom. The van der Waals surface area contributed by atoms with Crippen molar-refractivity contribution in [3.05, 3.63) is 58.2 Å². The molecule has 3 heterocycles. The number of likely N-dealkylation sites (tertiary alicyclic amines) is 1. The van der Waals surface area contributed by atoms with E-state index in [-0.39, 0.29) is 27.7 Å². The fraction of sp³-hybridized carbons (Fsp3) is 0.423. The molecule has 1 aromatic carbocycles. The van der Waals surface area contributed by atoms with Gasteiger partial charge in [-0.05, 0) is 58.7 Å². The zero-order valence-electron chi connectivity index (χ0n) is 22.1. The van der Waals surface area contributed by atoms with E-state index in [2.05, 4.69) is 10.1 Å². The van der Waals surface area contributed by atoms with Gasteiger partial charge in [-0.2, -0.15) is 5.10 Å². The van der Waals surface area contributed by atoms with Gasteiger partial charge in [0.1, 0.15) is 17.5 Å². The highest BCUT2D eigenvalue weighted by Crippen LogP contribution is 2.37. The zero-order valence-corrected chi connectivity index (χ0v) is 22.6. The number of nitrogens with zero attached hydrogens (tertiary/aromatic N) is 4. The summed E-state index contributed by atoms with van der Waals surface area (Å²) in [6.45, 7) is 7.93. The molecule has 1 amide bonds. The van der Waals surface area contributed by atoms with Crippen LogP contribution in [0.4, 0.5) is 15.0 Å². The highest BCUT2D eigenvalue weighted by Gasteiger charge is 2.28. The molecule has 0 bridgehead atoms. The lowest BCUT2D eigenvalue weighted by Crippen LogP contribution is -2.42. The summed E-state index contributed by atoms with van der Waals surface area (Å²) in [5.74, 6) is -0.191.